The number of anilines is 1. The summed E-state index contributed by atoms with van der Waals surface area (Å²) in [5.41, 5.74) is 1.80. The molecule has 4 rings (SSSR count). The van der Waals surface area contributed by atoms with E-state index in [9.17, 15) is 4.79 Å². The number of ether oxygens (including phenoxy) is 2. The fourth-order valence-corrected chi connectivity index (χ4v) is 4.23. The van der Waals surface area contributed by atoms with Crippen molar-refractivity contribution < 1.29 is 14.3 Å². The fraction of sp³-hybridized carbons (Fsp3) is 0.211. The molecule has 1 aliphatic rings. The molecule has 0 saturated heterocycles. The second kappa shape index (κ2) is 7.17. The van der Waals surface area contributed by atoms with E-state index < -0.39 is 0 Å². The van der Waals surface area contributed by atoms with Crippen LogP contribution in [-0.2, 0) is 6.54 Å². The van der Waals surface area contributed by atoms with Crippen LogP contribution in [-0.4, -0.2) is 31.2 Å². The second-order valence-corrected chi connectivity index (χ2v) is 7.78. The first-order chi connectivity index (χ1) is 12.6. The highest BCUT2D eigenvalue weighted by molar-refractivity contribution is 9.10. The van der Waals surface area contributed by atoms with Gasteiger partial charge < -0.3 is 19.7 Å². The van der Waals surface area contributed by atoms with Gasteiger partial charge in [0.1, 0.15) is 13.2 Å². The topological polar surface area (TPSA) is 50.8 Å². The van der Waals surface area contributed by atoms with Crippen LogP contribution < -0.4 is 14.8 Å². The highest BCUT2D eigenvalue weighted by Gasteiger charge is 2.18. The zero-order chi connectivity index (χ0) is 18.1. The van der Waals surface area contributed by atoms with E-state index in [1.54, 1.807) is 29.4 Å². The van der Waals surface area contributed by atoms with E-state index in [1.165, 1.54) is 10.1 Å². The Morgan fingerprint density at radius 2 is 1.96 bits per heavy atom. The first-order valence-corrected chi connectivity index (χ1v) is 9.85. The van der Waals surface area contributed by atoms with Crippen LogP contribution in [0.3, 0.4) is 0 Å². The summed E-state index contributed by atoms with van der Waals surface area (Å²) in [6, 6.07) is 11.6. The molecule has 0 bridgehead atoms. The molecular formula is C19H17BrN2O3S. The Morgan fingerprint density at radius 1 is 1.23 bits per heavy atom. The molecule has 134 valence electrons. The summed E-state index contributed by atoms with van der Waals surface area (Å²) in [6.45, 7) is 1.58. The van der Waals surface area contributed by atoms with Crippen LogP contribution >= 0.6 is 27.3 Å². The minimum Gasteiger partial charge on any atom is -0.486 e. The van der Waals surface area contributed by atoms with Gasteiger partial charge in [0, 0.05) is 34.9 Å². The molecule has 1 aromatic heterocycles. The molecule has 3 aromatic rings. The average Bonchev–Trinajstić information content (AvgIpc) is 3.05. The fourth-order valence-electron chi connectivity index (χ4n) is 2.85. The van der Waals surface area contributed by atoms with Gasteiger partial charge >= 0.3 is 6.03 Å². The zero-order valence-electron chi connectivity index (χ0n) is 14.1. The lowest BCUT2D eigenvalue weighted by atomic mass is 10.2. The summed E-state index contributed by atoms with van der Waals surface area (Å²) in [7, 11) is 1.79. The number of carbonyl (C=O) groups is 1. The smallest absolute Gasteiger partial charge is 0.321 e. The van der Waals surface area contributed by atoms with Crippen molar-refractivity contribution in [3.05, 3.63) is 51.8 Å². The summed E-state index contributed by atoms with van der Waals surface area (Å²) in [6.07, 6.45) is 0. The maximum atomic E-state index is 12.6. The van der Waals surface area contributed by atoms with E-state index in [2.05, 4.69) is 38.8 Å². The molecule has 2 aromatic carbocycles. The number of nitrogens with zero attached hydrogens (tertiary/aromatic N) is 1. The lowest BCUT2D eigenvalue weighted by Gasteiger charge is -2.22. The van der Waals surface area contributed by atoms with Crippen LogP contribution in [0.2, 0.25) is 0 Å². The number of benzene rings is 2. The zero-order valence-corrected chi connectivity index (χ0v) is 16.5. The maximum Gasteiger partial charge on any atom is 0.321 e. The molecule has 0 unspecified atom stereocenters. The molecule has 0 radical (unpaired) electrons. The molecule has 2 amide bonds. The van der Waals surface area contributed by atoms with Crippen LogP contribution in [0.4, 0.5) is 10.5 Å². The Morgan fingerprint density at radius 3 is 2.77 bits per heavy atom. The van der Waals surface area contributed by atoms with Crippen molar-refractivity contribution in [3.63, 3.8) is 0 Å². The predicted octanol–water partition coefficient (Wildman–Crippen LogP) is 5.10. The number of nitrogens with one attached hydrogen (secondary N) is 1. The molecule has 1 aliphatic heterocycles. The van der Waals surface area contributed by atoms with Crippen LogP contribution in [0.25, 0.3) is 10.1 Å². The Bertz CT molecular complexity index is 973. The monoisotopic (exact) mass is 432 g/mol. The van der Waals surface area contributed by atoms with Gasteiger partial charge in [-0.15, -0.1) is 11.3 Å². The van der Waals surface area contributed by atoms with Crippen molar-refractivity contribution in [1.29, 1.82) is 0 Å². The van der Waals surface area contributed by atoms with Crippen molar-refractivity contribution >= 4 is 49.1 Å². The molecule has 0 aliphatic carbocycles. The van der Waals surface area contributed by atoms with Crippen LogP contribution in [0.5, 0.6) is 11.5 Å². The van der Waals surface area contributed by atoms with Gasteiger partial charge in [-0.25, -0.2) is 4.79 Å². The van der Waals surface area contributed by atoms with E-state index >= 15 is 0 Å². The molecular weight excluding hydrogens is 416 g/mol. The quantitative estimate of drug-likeness (QED) is 0.626. The number of thiophene rings is 1. The van der Waals surface area contributed by atoms with Gasteiger partial charge in [0.2, 0.25) is 0 Å². The van der Waals surface area contributed by atoms with Gasteiger partial charge in [-0.1, -0.05) is 18.2 Å². The normalized spacial score (nSPS) is 12.8. The predicted molar refractivity (Wildman–Crippen MR) is 107 cm³/mol. The Labute approximate surface area is 163 Å². The van der Waals surface area contributed by atoms with Crippen molar-refractivity contribution in [2.45, 2.75) is 6.54 Å². The summed E-state index contributed by atoms with van der Waals surface area (Å²) in [5.74, 6) is 1.32. The Hall–Kier alpha value is -2.25. The Balaban J connectivity index is 1.49. The number of carbonyl (C=O) groups excluding carboxylic acids is 1. The second-order valence-electron chi connectivity index (χ2n) is 6.02. The van der Waals surface area contributed by atoms with Crippen molar-refractivity contribution in [1.82, 2.24) is 4.90 Å². The Kier molecular flexibility index (Phi) is 4.74. The van der Waals surface area contributed by atoms with Gasteiger partial charge in [-0.3, -0.25) is 0 Å². The van der Waals surface area contributed by atoms with E-state index in [4.69, 9.17) is 9.47 Å². The number of urea groups is 1. The third kappa shape index (κ3) is 3.37. The van der Waals surface area contributed by atoms with Crippen LogP contribution in [0.15, 0.2) is 46.3 Å². The van der Waals surface area contributed by atoms with Gasteiger partial charge in [-0.2, -0.15) is 0 Å². The van der Waals surface area contributed by atoms with Crippen molar-refractivity contribution in [2.75, 3.05) is 25.6 Å². The number of fused-ring (bicyclic) bond motifs is 2. The molecule has 0 fully saturated rings. The van der Waals surface area contributed by atoms with Crippen LogP contribution in [0, 0.1) is 0 Å². The number of hydrogen-bond donors (Lipinski definition) is 1. The highest BCUT2D eigenvalue weighted by Crippen LogP contribution is 2.38. The van der Waals surface area contributed by atoms with Gasteiger partial charge in [0.15, 0.2) is 11.5 Å². The molecule has 0 saturated carbocycles. The average molecular weight is 433 g/mol. The lowest BCUT2D eigenvalue weighted by Crippen LogP contribution is -2.31. The van der Waals surface area contributed by atoms with E-state index in [0.29, 0.717) is 36.9 Å². The summed E-state index contributed by atoms with van der Waals surface area (Å²) in [5, 5.41) is 6.23. The summed E-state index contributed by atoms with van der Waals surface area (Å²) in [4.78, 5) is 14.3. The number of halogens is 1. The maximum absolute atomic E-state index is 12.6. The van der Waals surface area contributed by atoms with Gasteiger partial charge in [0.25, 0.3) is 0 Å². The molecule has 0 spiro atoms. The summed E-state index contributed by atoms with van der Waals surface area (Å²) < 4.78 is 13.1. The third-order valence-electron chi connectivity index (χ3n) is 4.19. The first-order valence-electron chi connectivity index (χ1n) is 8.18. The van der Waals surface area contributed by atoms with Crippen molar-refractivity contribution in [3.8, 4) is 11.5 Å². The molecule has 0 atom stereocenters. The van der Waals surface area contributed by atoms with E-state index in [-0.39, 0.29) is 6.03 Å². The molecule has 2 heterocycles. The third-order valence-corrected chi connectivity index (χ3v) is 5.86. The van der Waals surface area contributed by atoms with Gasteiger partial charge in [0.05, 0.1) is 5.69 Å². The first kappa shape index (κ1) is 17.2. The highest BCUT2D eigenvalue weighted by atomic mass is 79.9. The molecule has 7 heteroatoms. The standard InChI is InChI=1S/C19H17BrN2O3S/c1-22(10-12-11-26-18-5-3-2-4-13(12)18)19(23)21-15-9-17-16(8-14(15)20)24-6-7-25-17/h2-5,8-9,11H,6-7,10H2,1H3,(H,21,23). The van der Waals surface area contributed by atoms with E-state index in [1.807, 2.05) is 18.2 Å². The largest absolute Gasteiger partial charge is 0.486 e. The minimum atomic E-state index is -0.183. The lowest BCUT2D eigenvalue weighted by molar-refractivity contribution is 0.171. The molecule has 1 N–H and O–H groups in total. The van der Waals surface area contributed by atoms with Crippen LogP contribution in [0.1, 0.15) is 5.56 Å². The van der Waals surface area contributed by atoms with Gasteiger partial charge in [-0.05, 0) is 38.3 Å². The number of amides is 2. The number of rotatable bonds is 3. The molecule has 5 nitrogen and oxygen atoms in total. The van der Waals surface area contributed by atoms with Crippen molar-refractivity contribution in [2.24, 2.45) is 0 Å². The molecule has 26 heavy (non-hydrogen) atoms. The summed E-state index contributed by atoms with van der Waals surface area (Å²) >= 11 is 5.17. The minimum absolute atomic E-state index is 0.183. The van der Waals surface area contributed by atoms with E-state index in [0.717, 1.165) is 10.0 Å². The SMILES string of the molecule is CN(Cc1csc2ccccc12)C(=O)Nc1cc2c(cc1Br)OCCO2. The number of hydrogen-bond acceptors (Lipinski definition) is 4.